The van der Waals surface area contributed by atoms with E-state index in [1.54, 1.807) is 11.0 Å². The van der Waals surface area contributed by atoms with Crippen LogP contribution in [0.25, 0.3) is 6.08 Å². The molecule has 0 aliphatic carbocycles. The highest BCUT2D eigenvalue weighted by molar-refractivity contribution is 7.91. The molecule has 1 fully saturated rings. The lowest BCUT2D eigenvalue weighted by molar-refractivity contribution is -0.127. The molecule has 28 heavy (non-hydrogen) atoms. The molecule has 0 saturated carbocycles. The Kier molecular flexibility index (Phi) is 6.52. The van der Waals surface area contributed by atoms with Crippen LogP contribution in [0.4, 0.5) is 0 Å². The van der Waals surface area contributed by atoms with Crippen LogP contribution >= 0.6 is 0 Å². The minimum absolute atomic E-state index is 0.0588. The second kappa shape index (κ2) is 9.06. The van der Waals surface area contributed by atoms with Gasteiger partial charge in [-0.25, -0.2) is 8.42 Å². The average molecular weight is 400 g/mol. The molecule has 0 bridgehead atoms. The lowest BCUT2D eigenvalue weighted by Gasteiger charge is -2.25. The third kappa shape index (κ3) is 5.45. The van der Waals surface area contributed by atoms with Crippen LogP contribution in [0.15, 0.2) is 60.7 Å². The summed E-state index contributed by atoms with van der Waals surface area (Å²) in [6.45, 7) is 2.84. The fourth-order valence-electron chi connectivity index (χ4n) is 3.33. The van der Waals surface area contributed by atoms with Crippen LogP contribution in [0.5, 0.6) is 5.75 Å². The van der Waals surface area contributed by atoms with Gasteiger partial charge in [-0.1, -0.05) is 42.5 Å². The van der Waals surface area contributed by atoms with E-state index in [9.17, 15) is 13.2 Å². The Hall–Kier alpha value is -2.60. The molecule has 0 spiro atoms. The molecule has 1 aliphatic rings. The van der Waals surface area contributed by atoms with Gasteiger partial charge in [-0.2, -0.15) is 0 Å². The minimum Gasteiger partial charge on any atom is -0.489 e. The van der Waals surface area contributed by atoms with Crippen molar-refractivity contribution in [2.24, 2.45) is 0 Å². The van der Waals surface area contributed by atoms with Gasteiger partial charge in [-0.15, -0.1) is 0 Å². The van der Waals surface area contributed by atoms with E-state index >= 15 is 0 Å². The van der Waals surface area contributed by atoms with Gasteiger partial charge in [0.25, 0.3) is 0 Å². The second-order valence-corrected chi connectivity index (χ2v) is 9.09. The molecular formula is C22H25NO4S. The molecule has 1 heterocycles. The van der Waals surface area contributed by atoms with Crippen LogP contribution in [0.1, 0.15) is 24.5 Å². The largest absolute Gasteiger partial charge is 0.489 e. The van der Waals surface area contributed by atoms with Crippen LogP contribution in [-0.4, -0.2) is 43.3 Å². The van der Waals surface area contributed by atoms with Gasteiger partial charge in [0.15, 0.2) is 9.84 Å². The normalized spacial score (nSPS) is 18.2. The van der Waals surface area contributed by atoms with E-state index in [1.165, 1.54) is 6.08 Å². The maximum atomic E-state index is 12.6. The van der Waals surface area contributed by atoms with Gasteiger partial charge in [0.05, 0.1) is 11.5 Å². The fourth-order valence-corrected chi connectivity index (χ4v) is 5.06. The summed E-state index contributed by atoms with van der Waals surface area (Å²) in [7, 11) is -3.02. The summed E-state index contributed by atoms with van der Waals surface area (Å²) in [6.07, 6.45) is 3.76. The molecule has 0 N–H and O–H groups in total. The minimum atomic E-state index is -3.02. The summed E-state index contributed by atoms with van der Waals surface area (Å²) < 4.78 is 29.2. The molecule has 0 radical (unpaired) electrons. The van der Waals surface area contributed by atoms with Crippen molar-refractivity contribution in [3.8, 4) is 5.75 Å². The van der Waals surface area contributed by atoms with Crippen molar-refractivity contribution in [1.29, 1.82) is 0 Å². The molecule has 148 valence electrons. The molecule has 5 nitrogen and oxygen atoms in total. The van der Waals surface area contributed by atoms with Crippen molar-refractivity contribution in [3.63, 3.8) is 0 Å². The van der Waals surface area contributed by atoms with E-state index in [0.717, 1.165) is 16.9 Å². The van der Waals surface area contributed by atoms with Gasteiger partial charge in [0.2, 0.25) is 5.91 Å². The molecule has 0 aromatic heterocycles. The number of carbonyl (C=O) groups excluding carboxylic acids is 1. The molecule has 1 amide bonds. The predicted molar refractivity (Wildman–Crippen MR) is 111 cm³/mol. The number of amides is 1. The first kappa shape index (κ1) is 20.1. The molecule has 6 heteroatoms. The standard InChI is InChI=1S/C22H25NO4S/c1-2-23(20-13-14-28(25,26)17-20)22(24)12-11-18-9-6-10-21(15-18)27-16-19-7-4-3-5-8-19/h3-12,15,20H,2,13-14,16-17H2,1H3/b12-11+. The van der Waals surface area contributed by atoms with Gasteiger partial charge in [-0.05, 0) is 42.7 Å². The summed E-state index contributed by atoms with van der Waals surface area (Å²) in [5.74, 6) is 0.780. The lowest BCUT2D eigenvalue weighted by atomic mass is 10.1. The first-order valence-electron chi connectivity index (χ1n) is 9.43. The number of carbonyl (C=O) groups is 1. The number of hydrogen-bond donors (Lipinski definition) is 0. The van der Waals surface area contributed by atoms with Crippen molar-refractivity contribution >= 4 is 21.8 Å². The zero-order chi connectivity index (χ0) is 20.0. The van der Waals surface area contributed by atoms with Crippen LogP contribution < -0.4 is 4.74 Å². The summed E-state index contributed by atoms with van der Waals surface area (Å²) in [4.78, 5) is 14.2. The highest BCUT2D eigenvalue weighted by Gasteiger charge is 2.33. The molecule has 3 rings (SSSR count). The average Bonchev–Trinajstić information content (AvgIpc) is 3.06. The third-order valence-electron chi connectivity index (χ3n) is 4.80. The van der Waals surface area contributed by atoms with Crippen LogP contribution in [0, 0.1) is 0 Å². The van der Waals surface area contributed by atoms with Crippen molar-refractivity contribution < 1.29 is 17.9 Å². The van der Waals surface area contributed by atoms with E-state index in [2.05, 4.69) is 0 Å². The smallest absolute Gasteiger partial charge is 0.246 e. The number of rotatable bonds is 7. The number of ether oxygens (including phenoxy) is 1. The zero-order valence-electron chi connectivity index (χ0n) is 16.0. The first-order chi connectivity index (χ1) is 13.5. The summed E-state index contributed by atoms with van der Waals surface area (Å²) in [5.41, 5.74) is 1.94. The van der Waals surface area contributed by atoms with E-state index in [-0.39, 0.29) is 23.5 Å². The maximum Gasteiger partial charge on any atom is 0.246 e. The Balaban J connectivity index is 1.62. The van der Waals surface area contributed by atoms with Gasteiger partial charge in [0.1, 0.15) is 12.4 Å². The van der Waals surface area contributed by atoms with E-state index in [0.29, 0.717) is 19.6 Å². The van der Waals surface area contributed by atoms with Crippen LogP contribution in [-0.2, 0) is 21.2 Å². The molecule has 2 aromatic rings. The van der Waals surface area contributed by atoms with Crippen LogP contribution in [0.3, 0.4) is 0 Å². The van der Waals surface area contributed by atoms with E-state index in [1.807, 2.05) is 61.5 Å². The molecule has 1 atom stereocenters. The second-order valence-electron chi connectivity index (χ2n) is 6.86. The Morgan fingerprint density at radius 2 is 1.96 bits per heavy atom. The lowest BCUT2D eigenvalue weighted by Crippen LogP contribution is -2.40. The summed E-state index contributed by atoms with van der Waals surface area (Å²) in [5, 5.41) is 0. The number of benzene rings is 2. The number of nitrogens with zero attached hydrogens (tertiary/aromatic N) is 1. The predicted octanol–water partition coefficient (Wildman–Crippen LogP) is 3.31. The molecule has 2 aromatic carbocycles. The quantitative estimate of drug-likeness (QED) is 0.670. The van der Waals surface area contributed by atoms with E-state index in [4.69, 9.17) is 4.74 Å². The SMILES string of the molecule is CCN(C(=O)/C=C/c1cccc(OCc2ccccc2)c1)C1CCS(=O)(=O)C1. The molecular weight excluding hydrogens is 374 g/mol. The van der Waals surface area contributed by atoms with Crippen molar-refractivity contribution in [2.45, 2.75) is 26.0 Å². The van der Waals surface area contributed by atoms with Crippen molar-refractivity contribution in [2.75, 3.05) is 18.1 Å². The van der Waals surface area contributed by atoms with Crippen molar-refractivity contribution in [3.05, 3.63) is 71.8 Å². The first-order valence-corrected chi connectivity index (χ1v) is 11.2. The van der Waals surface area contributed by atoms with Gasteiger partial charge in [-0.3, -0.25) is 4.79 Å². The number of sulfone groups is 1. The topological polar surface area (TPSA) is 63.7 Å². The Bertz CT molecular complexity index is 938. The zero-order valence-corrected chi connectivity index (χ0v) is 16.8. The van der Waals surface area contributed by atoms with Crippen molar-refractivity contribution in [1.82, 2.24) is 4.90 Å². The maximum absolute atomic E-state index is 12.6. The highest BCUT2D eigenvalue weighted by atomic mass is 32.2. The number of likely N-dealkylation sites (N-methyl/N-ethyl adjacent to an activating group) is 1. The van der Waals surface area contributed by atoms with Gasteiger partial charge >= 0.3 is 0 Å². The fraction of sp³-hybridized carbons (Fsp3) is 0.318. The summed E-state index contributed by atoms with van der Waals surface area (Å²) in [6, 6.07) is 17.2. The van der Waals surface area contributed by atoms with Gasteiger partial charge in [0, 0.05) is 18.7 Å². The number of hydrogen-bond acceptors (Lipinski definition) is 4. The van der Waals surface area contributed by atoms with E-state index < -0.39 is 9.84 Å². The molecule has 1 aliphatic heterocycles. The Morgan fingerprint density at radius 3 is 2.64 bits per heavy atom. The molecule has 1 unspecified atom stereocenters. The third-order valence-corrected chi connectivity index (χ3v) is 6.55. The van der Waals surface area contributed by atoms with Gasteiger partial charge < -0.3 is 9.64 Å². The Labute approximate surface area is 166 Å². The highest BCUT2D eigenvalue weighted by Crippen LogP contribution is 2.19. The molecule has 1 saturated heterocycles. The monoisotopic (exact) mass is 399 g/mol. The Morgan fingerprint density at radius 1 is 1.18 bits per heavy atom. The van der Waals surface area contributed by atoms with Crippen LogP contribution in [0.2, 0.25) is 0 Å². The summed E-state index contributed by atoms with van der Waals surface area (Å²) >= 11 is 0.